The van der Waals surface area contributed by atoms with Gasteiger partial charge in [-0.15, -0.1) is 0 Å². The topological polar surface area (TPSA) is 45.0 Å². The number of ether oxygens (including phenoxy) is 1. The zero-order valence-corrected chi connectivity index (χ0v) is 12.5. The van der Waals surface area contributed by atoms with E-state index in [-0.39, 0.29) is 6.10 Å². The van der Waals surface area contributed by atoms with E-state index < -0.39 is 0 Å². The van der Waals surface area contributed by atoms with Crippen LogP contribution in [0.5, 0.6) is 5.75 Å². The minimum Gasteiger partial charge on any atom is -0.476 e. The lowest BCUT2D eigenvalue weighted by Crippen LogP contribution is -2.26. The molecular weight excluding hydrogens is 248 g/mol. The Morgan fingerprint density at radius 1 is 1.45 bits per heavy atom. The molecule has 1 aliphatic carbocycles. The Kier molecular flexibility index (Phi) is 5.43. The minimum absolute atomic E-state index is 0.348. The first-order chi connectivity index (χ1) is 9.78. The van der Waals surface area contributed by atoms with Gasteiger partial charge in [-0.05, 0) is 61.9 Å². The quantitative estimate of drug-likeness (QED) is 0.858. The summed E-state index contributed by atoms with van der Waals surface area (Å²) in [6, 6.07) is 8.91. The molecule has 0 aliphatic heterocycles. The van der Waals surface area contributed by atoms with Gasteiger partial charge < -0.3 is 10.1 Å². The van der Waals surface area contributed by atoms with Crippen LogP contribution < -0.4 is 10.1 Å². The van der Waals surface area contributed by atoms with Crippen LogP contribution in [0.3, 0.4) is 0 Å². The third kappa shape index (κ3) is 3.52. The van der Waals surface area contributed by atoms with E-state index >= 15 is 0 Å². The van der Waals surface area contributed by atoms with E-state index in [1.807, 2.05) is 13.0 Å². The third-order valence-corrected chi connectivity index (χ3v) is 3.87. The van der Waals surface area contributed by atoms with E-state index in [1.54, 1.807) is 0 Å². The number of fused-ring (bicyclic) bond motifs is 1. The predicted molar refractivity (Wildman–Crippen MR) is 80.7 cm³/mol. The van der Waals surface area contributed by atoms with Crippen molar-refractivity contribution in [3.63, 3.8) is 0 Å². The second-order valence-electron chi connectivity index (χ2n) is 5.40. The van der Waals surface area contributed by atoms with Crippen molar-refractivity contribution in [3.8, 4) is 11.8 Å². The van der Waals surface area contributed by atoms with Gasteiger partial charge in [0.05, 0.1) is 0 Å². The Morgan fingerprint density at radius 2 is 2.30 bits per heavy atom. The Hall–Kier alpha value is -1.53. The Morgan fingerprint density at radius 3 is 3.00 bits per heavy atom. The average molecular weight is 272 g/mol. The number of benzene rings is 1. The van der Waals surface area contributed by atoms with E-state index in [4.69, 9.17) is 10.00 Å². The summed E-state index contributed by atoms with van der Waals surface area (Å²) in [6.07, 6.45) is 5.09. The van der Waals surface area contributed by atoms with Crippen LogP contribution in [-0.4, -0.2) is 12.6 Å². The molecule has 2 unspecified atom stereocenters. The van der Waals surface area contributed by atoms with Crippen molar-refractivity contribution in [2.45, 2.75) is 58.1 Å². The first kappa shape index (κ1) is 14.9. The maximum Gasteiger partial charge on any atom is 0.184 e. The number of hydrogen-bond donors (Lipinski definition) is 1. The Bertz CT molecular complexity index is 478. The molecule has 2 rings (SSSR count). The third-order valence-electron chi connectivity index (χ3n) is 3.87. The van der Waals surface area contributed by atoms with Gasteiger partial charge in [-0.25, -0.2) is 0 Å². The maximum absolute atomic E-state index is 9.01. The molecule has 0 saturated heterocycles. The molecule has 0 spiro atoms. The highest BCUT2D eigenvalue weighted by Gasteiger charge is 2.20. The van der Waals surface area contributed by atoms with Crippen molar-refractivity contribution >= 4 is 0 Å². The van der Waals surface area contributed by atoms with Gasteiger partial charge in [0, 0.05) is 6.04 Å². The largest absolute Gasteiger partial charge is 0.476 e. The Balaban J connectivity index is 2.17. The zero-order chi connectivity index (χ0) is 14.4. The molecular formula is C17H24N2O. The van der Waals surface area contributed by atoms with Gasteiger partial charge in [0.2, 0.25) is 0 Å². The second kappa shape index (κ2) is 7.31. The molecule has 0 amide bonds. The van der Waals surface area contributed by atoms with Crippen molar-refractivity contribution in [3.05, 3.63) is 29.3 Å². The smallest absolute Gasteiger partial charge is 0.184 e. The lowest BCUT2D eigenvalue weighted by molar-refractivity contribution is 0.251. The standard InChI is InChI=1S/C17H24N2O/c1-3-10-19-17-7-5-6-13-8-9-15(11-16(13)17)20-14(4-2)12-18/h8-9,11,14,17,19H,3-7,10H2,1-2H3. The van der Waals surface area contributed by atoms with E-state index in [1.165, 1.54) is 24.0 Å². The number of nitrogens with one attached hydrogen (secondary N) is 1. The second-order valence-corrected chi connectivity index (χ2v) is 5.40. The van der Waals surface area contributed by atoms with Crippen LogP contribution in [0.4, 0.5) is 0 Å². The molecule has 3 heteroatoms. The van der Waals surface area contributed by atoms with Crippen LogP contribution in [0, 0.1) is 11.3 Å². The number of rotatable bonds is 6. The molecule has 108 valence electrons. The normalized spacial score (nSPS) is 18.9. The van der Waals surface area contributed by atoms with Crippen molar-refractivity contribution < 1.29 is 4.74 Å². The molecule has 0 fully saturated rings. The summed E-state index contributed by atoms with van der Waals surface area (Å²) in [6.45, 7) is 5.21. The summed E-state index contributed by atoms with van der Waals surface area (Å²) < 4.78 is 5.74. The first-order valence-electron chi connectivity index (χ1n) is 7.71. The van der Waals surface area contributed by atoms with Crippen LogP contribution in [0.2, 0.25) is 0 Å². The summed E-state index contributed by atoms with van der Waals surface area (Å²) in [7, 11) is 0. The number of hydrogen-bond acceptors (Lipinski definition) is 3. The maximum atomic E-state index is 9.01. The monoisotopic (exact) mass is 272 g/mol. The van der Waals surface area contributed by atoms with Crippen LogP contribution in [0.1, 0.15) is 56.7 Å². The van der Waals surface area contributed by atoms with E-state index in [0.29, 0.717) is 12.5 Å². The van der Waals surface area contributed by atoms with Gasteiger partial charge >= 0.3 is 0 Å². The molecule has 0 saturated carbocycles. The molecule has 0 radical (unpaired) electrons. The van der Waals surface area contributed by atoms with Gasteiger partial charge in [-0.2, -0.15) is 5.26 Å². The zero-order valence-electron chi connectivity index (χ0n) is 12.5. The molecule has 0 bridgehead atoms. The molecule has 1 aromatic rings. The lowest BCUT2D eigenvalue weighted by Gasteiger charge is -2.27. The lowest BCUT2D eigenvalue weighted by atomic mass is 9.87. The van der Waals surface area contributed by atoms with Crippen LogP contribution in [0.25, 0.3) is 0 Å². The highest BCUT2D eigenvalue weighted by molar-refractivity contribution is 5.39. The number of nitrogens with zero attached hydrogens (tertiary/aromatic N) is 1. The van der Waals surface area contributed by atoms with Crippen molar-refractivity contribution in [2.24, 2.45) is 0 Å². The molecule has 1 aromatic carbocycles. The van der Waals surface area contributed by atoms with Gasteiger partial charge in [0.1, 0.15) is 11.8 Å². The fourth-order valence-electron chi connectivity index (χ4n) is 2.75. The minimum atomic E-state index is -0.348. The fourth-order valence-corrected chi connectivity index (χ4v) is 2.75. The highest BCUT2D eigenvalue weighted by Crippen LogP contribution is 2.32. The predicted octanol–water partition coefficient (Wildman–Crippen LogP) is 3.74. The summed E-state index contributed by atoms with van der Waals surface area (Å²) in [4.78, 5) is 0. The van der Waals surface area contributed by atoms with Gasteiger partial charge in [0.15, 0.2) is 6.10 Å². The van der Waals surface area contributed by atoms with E-state index in [2.05, 4.69) is 30.4 Å². The molecule has 0 aromatic heterocycles. The van der Waals surface area contributed by atoms with Crippen LogP contribution in [-0.2, 0) is 6.42 Å². The van der Waals surface area contributed by atoms with Gasteiger partial charge in [-0.3, -0.25) is 0 Å². The van der Waals surface area contributed by atoms with E-state index in [9.17, 15) is 0 Å². The van der Waals surface area contributed by atoms with Crippen LogP contribution in [0.15, 0.2) is 18.2 Å². The molecule has 1 aliphatic rings. The molecule has 2 atom stereocenters. The first-order valence-corrected chi connectivity index (χ1v) is 7.71. The summed E-state index contributed by atoms with van der Waals surface area (Å²) in [5, 5.41) is 12.6. The molecule has 0 heterocycles. The molecule has 1 N–H and O–H groups in total. The summed E-state index contributed by atoms with van der Waals surface area (Å²) in [5.74, 6) is 0.822. The number of aryl methyl sites for hydroxylation is 1. The Labute approximate surface area is 121 Å². The number of nitriles is 1. The van der Waals surface area contributed by atoms with Gasteiger partial charge in [0.25, 0.3) is 0 Å². The van der Waals surface area contributed by atoms with E-state index in [0.717, 1.165) is 25.1 Å². The fraction of sp³-hybridized carbons (Fsp3) is 0.588. The SMILES string of the molecule is CCCNC1CCCc2ccc(OC(C#N)CC)cc21. The van der Waals surface area contributed by atoms with Crippen molar-refractivity contribution in [1.29, 1.82) is 5.26 Å². The average Bonchev–Trinajstić information content (AvgIpc) is 2.50. The molecule has 20 heavy (non-hydrogen) atoms. The molecule has 3 nitrogen and oxygen atoms in total. The van der Waals surface area contributed by atoms with Crippen LogP contribution >= 0.6 is 0 Å². The van der Waals surface area contributed by atoms with Gasteiger partial charge in [-0.1, -0.05) is 19.9 Å². The van der Waals surface area contributed by atoms with Crippen molar-refractivity contribution in [2.75, 3.05) is 6.54 Å². The van der Waals surface area contributed by atoms with Crippen molar-refractivity contribution in [1.82, 2.24) is 5.32 Å². The highest BCUT2D eigenvalue weighted by atomic mass is 16.5. The summed E-state index contributed by atoms with van der Waals surface area (Å²) >= 11 is 0. The summed E-state index contributed by atoms with van der Waals surface area (Å²) in [5.41, 5.74) is 2.78.